The van der Waals surface area contributed by atoms with E-state index >= 15 is 0 Å². The molecule has 1 aliphatic rings. The Balaban J connectivity index is 2.34. The summed E-state index contributed by atoms with van der Waals surface area (Å²) in [6.07, 6.45) is 0. The van der Waals surface area contributed by atoms with Gasteiger partial charge in [-0.2, -0.15) is 26.7 Å². The van der Waals surface area contributed by atoms with Crippen molar-refractivity contribution in [2.75, 3.05) is 48.6 Å². The number of anilines is 3. The molecule has 1 fully saturated rings. The molecule has 2 heterocycles. The molecule has 1 saturated heterocycles. The van der Waals surface area contributed by atoms with Crippen LogP contribution in [0.2, 0.25) is 0 Å². The van der Waals surface area contributed by atoms with E-state index in [-0.39, 0.29) is 0 Å². The highest BCUT2D eigenvalue weighted by Crippen LogP contribution is 2.28. The van der Waals surface area contributed by atoms with E-state index in [9.17, 15) is 0 Å². The van der Waals surface area contributed by atoms with E-state index in [0.29, 0.717) is 23.2 Å². The monoisotopic (exact) mass is 282 g/mol. The standard InChI is InChI=1S/C12H22N6S/c1-8-9(2)19-7-6-18(8)12-15-10(13-3)14-11(16-12)17(4)5/h8-9H,6-7H2,1-5H3,(H,13,14,15,16). The molecule has 0 bridgehead atoms. The first-order chi connectivity index (χ1) is 9.02. The summed E-state index contributed by atoms with van der Waals surface area (Å²) in [5.74, 6) is 3.19. The zero-order valence-corrected chi connectivity index (χ0v) is 13.0. The Bertz CT molecular complexity index is 438. The number of nitrogens with one attached hydrogen (secondary N) is 1. The number of thioether (sulfide) groups is 1. The van der Waals surface area contributed by atoms with Crippen LogP contribution in [0.3, 0.4) is 0 Å². The number of hydrogen-bond donors (Lipinski definition) is 1. The van der Waals surface area contributed by atoms with Crippen molar-refractivity contribution in [2.24, 2.45) is 0 Å². The van der Waals surface area contributed by atoms with Gasteiger partial charge < -0.3 is 15.1 Å². The summed E-state index contributed by atoms with van der Waals surface area (Å²) in [6, 6.07) is 0.431. The molecular weight excluding hydrogens is 260 g/mol. The lowest BCUT2D eigenvalue weighted by Gasteiger charge is -2.37. The van der Waals surface area contributed by atoms with E-state index in [4.69, 9.17) is 0 Å². The largest absolute Gasteiger partial charge is 0.357 e. The Labute approximate surface area is 119 Å². The lowest BCUT2D eigenvalue weighted by molar-refractivity contribution is 0.611. The highest BCUT2D eigenvalue weighted by Gasteiger charge is 2.27. The molecule has 7 heteroatoms. The first-order valence-electron chi connectivity index (χ1n) is 6.52. The highest BCUT2D eigenvalue weighted by molar-refractivity contribution is 8.00. The van der Waals surface area contributed by atoms with E-state index in [1.807, 2.05) is 37.8 Å². The molecule has 0 aromatic carbocycles. The third kappa shape index (κ3) is 3.02. The smallest absolute Gasteiger partial charge is 0.232 e. The molecule has 6 nitrogen and oxygen atoms in total. The third-order valence-corrected chi connectivity index (χ3v) is 4.71. The lowest BCUT2D eigenvalue weighted by atomic mass is 10.2. The number of nitrogens with zero attached hydrogens (tertiary/aromatic N) is 5. The molecule has 0 spiro atoms. The molecule has 2 rings (SSSR count). The maximum Gasteiger partial charge on any atom is 0.232 e. The molecule has 1 aromatic rings. The molecule has 106 valence electrons. The average molecular weight is 282 g/mol. The van der Waals surface area contributed by atoms with Gasteiger partial charge in [-0.3, -0.25) is 0 Å². The number of rotatable bonds is 3. The molecule has 0 amide bonds. The van der Waals surface area contributed by atoms with Crippen LogP contribution in [0.15, 0.2) is 0 Å². The SMILES string of the molecule is CNc1nc(N(C)C)nc(N2CCSC(C)C2C)n1. The summed E-state index contributed by atoms with van der Waals surface area (Å²) in [7, 11) is 5.71. The summed E-state index contributed by atoms with van der Waals surface area (Å²) >= 11 is 2.01. The van der Waals surface area contributed by atoms with Crippen LogP contribution in [0.4, 0.5) is 17.8 Å². The molecule has 0 saturated carbocycles. The van der Waals surface area contributed by atoms with Crippen LogP contribution in [0.1, 0.15) is 13.8 Å². The summed E-state index contributed by atoms with van der Waals surface area (Å²) in [5.41, 5.74) is 0. The van der Waals surface area contributed by atoms with Crippen molar-refractivity contribution < 1.29 is 0 Å². The van der Waals surface area contributed by atoms with Crippen LogP contribution >= 0.6 is 11.8 Å². The highest BCUT2D eigenvalue weighted by atomic mass is 32.2. The average Bonchev–Trinajstić information content (AvgIpc) is 2.41. The second-order valence-corrected chi connectivity index (χ2v) is 6.40. The van der Waals surface area contributed by atoms with Gasteiger partial charge in [-0.1, -0.05) is 6.92 Å². The maximum atomic E-state index is 4.57. The van der Waals surface area contributed by atoms with Gasteiger partial charge in [0.2, 0.25) is 17.8 Å². The van der Waals surface area contributed by atoms with Crippen LogP contribution in [0, 0.1) is 0 Å². The predicted octanol–water partition coefficient (Wildman–Crippen LogP) is 1.31. The zero-order chi connectivity index (χ0) is 14.0. The predicted molar refractivity (Wildman–Crippen MR) is 82.4 cm³/mol. The summed E-state index contributed by atoms with van der Waals surface area (Å²) in [4.78, 5) is 17.6. The second-order valence-electron chi connectivity index (χ2n) is 4.91. The lowest BCUT2D eigenvalue weighted by Crippen LogP contribution is -2.45. The normalized spacial score (nSPS) is 23.3. The van der Waals surface area contributed by atoms with Crippen LogP contribution in [-0.2, 0) is 0 Å². The number of hydrogen-bond acceptors (Lipinski definition) is 7. The zero-order valence-electron chi connectivity index (χ0n) is 12.2. The Morgan fingerprint density at radius 3 is 2.63 bits per heavy atom. The van der Waals surface area contributed by atoms with Gasteiger partial charge in [0.25, 0.3) is 0 Å². The van der Waals surface area contributed by atoms with Crippen molar-refractivity contribution in [3.8, 4) is 0 Å². The van der Waals surface area contributed by atoms with Gasteiger partial charge in [0, 0.05) is 44.7 Å². The quantitative estimate of drug-likeness (QED) is 0.897. The molecule has 1 aliphatic heterocycles. The first kappa shape index (κ1) is 14.2. The van der Waals surface area contributed by atoms with Gasteiger partial charge in [0.15, 0.2) is 0 Å². The van der Waals surface area contributed by atoms with Crippen LogP contribution in [0.25, 0.3) is 0 Å². The number of aromatic nitrogens is 3. The van der Waals surface area contributed by atoms with Gasteiger partial charge in [-0.05, 0) is 6.92 Å². The van der Waals surface area contributed by atoms with Gasteiger partial charge in [0.05, 0.1) is 0 Å². The minimum Gasteiger partial charge on any atom is -0.357 e. The minimum atomic E-state index is 0.431. The molecule has 2 atom stereocenters. The van der Waals surface area contributed by atoms with E-state index in [2.05, 4.69) is 39.0 Å². The molecule has 19 heavy (non-hydrogen) atoms. The van der Waals surface area contributed by atoms with Crippen molar-refractivity contribution in [1.82, 2.24) is 15.0 Å². The van der Waals surface area contributed by atoms with E-state index in [0.717, 1.165) is 18.2 Å². The molecule has 0 radical (unpaired) electrons. The summed E-state index contributed by atoms with van der Waals surface area (Å²) in [6.45, 7) is 5.47. The fraction of sp³-hybridized carbons (Fsp3) is 0.750. The van der Waals surface area contributed by atoms with Gasteiger partial charge in [-0.15, -0.1) is 0 Å². The van der Waals surface area contributed by atoms with E-state index in [1.165, 1.54) is 0 Å². The first-order valence-corrected chi connectivity index (χ1v) is 7.57. The Morgan fingerprint density at radius 2 is 2.00 bits per heavy atom. The minimum absolute atomic E-state index is 0.431. The van der Waals surface area contributed by atoms with Crippen LogP contribution < -0.4 is 15.1 Å². The second kappa shape index (κ2) is 5.81. The summed E-state index contributed by atoms with van der Waals surface area (Å²) < 4.78 is 0. The van der Waals surface area contributed by atoms with Crippen molar-refractivity contribution in [1.29, 1.82) is 0 Å². The van der Waals surface area contributed by atoms with Gasteiger partial charge in [0.1, 0.15) is 0 Å². The molecule has 1 aromatic heterocycles. The summed E-state index contributed by atoms with van der Waals surface area (Å²) in [5, 5.41) is 3.60. The molecule has 2 unspecified atom stereocenters. The third-order valence-electron chi connectivity index (χ3n) is 3.38. The van der Waals surface area contributed by atoms with Crippen molar-refractivity contribution in [3.63, 3.8) is 0 Å². The van der Waals surface area contributed by atoms with Gasteiger partial charge >= 0.3 is 0 Å². The van der Waals surface area contributed by atoms with Crippen molar-refractivity contribution >= 4 is 29.6 Å². The fourth-order valence-corrected chi connectivity index (χ4v) is 3.11. The Hall–Kier alpha value is -1.24. The Kier molecular flexibility index (Phi) is 4.34. The maximum absolute atomic E-state index is 4.57. The van der Waals surface area contributed by atoms with Gasteiger partial charge in [-0.25, -0.2) is 0 Å². The van der Waals surface area contributed by atoms with Crippen LogP contribution in [-0.4, -0.2) is 59.7 Å². The Morgan fingerprint density at radius 1 is 1.26 bits per heavy atom. The fourth-order valence-electron chi connectivity index (χ4n) is 2.01. The molecule has 1 N–H and O–H groups in total. The molecular formula is C12H22N6S. The van der Waals surface area contributed by atoms with E-state index in [1.54, 1.807) is 0 Å². The van der Waals surface area contributed by atoms with E-state index < -0.39 is 0 Å². The molecule has 0 aliphatic carbocycles. The van der Waals surface area contributed by atoms with Crippen molar-refractivity contribution in [3.05, 3.63) is 0 Å². The van der Waals surface area contributed by atoms with Crippen LogP contribution in [0.5, 0.6) is 0 Å². The van der Waals surface area contributed by atoms with Crippen molar-refractivity contribution in [2.45, 2.75) is 25.1 Å². The topological polar surface area (TPSA) is 57.2 Å².